The third-order valence-electron chi connectivity index (χ3n) is 12.1. The Hall–Kier alpha value is -4.71. The van der Waals surface area contributed by atoms with Crippen LogP contribution >= 0.6 is 0 Å². The van der Waals surface area contributed by atoms with Gasteiger partial charge in [0.15, 0.2) is 6.10 Å². The molecule has 0 bridgehead atoms. The van der Waals surface area contributed by atoms with Gasteiger partial charge in [-0.25, -0.2) is 0 Å². The van der Waals surface area contributed by atoms with E-state index in [9.17, 15) is 14.4 Å². The molecule has 0 amide bonds. The average molecular weight is 1020 g/mol. The van der Waals surface area contributed by atoms with Gasteiger partial charge in [0.25, 0.3) is 0 Å². The Morgan fingerprint density at radius 2 is 0.527 bits per heavy atom. The molecule has 0 saturated heterocycles. The number of carbonyl (C=O) groups is 3. The zero-order valence-corrected chi connectivity index (χ0v) is 47.5. The smallest absolute Gasteiger partial charge is 0.306 e. The van der Waals surface area contributed by atoms with Crippen molar-refractivity contribution in [3.05, 3.63) is 146 Å². The van der Waals surface area contributed by atoms with Crippen molar-refractivity contribution in [3.63, 3.8) is 0 Å². The predicted octanol–water partition coefficient (Wildman–Crippen LogP) is 20.4. The molecule has 0 aliphatic heterocycles. The highest BCUT2D eigenvalue weighted by Crippen LogP contribution is 2.14. The van der Waals surface area contributed by atoms with Crippen molar-refractivity contribution in [2.24, 2.45) is 0 Å². The summed E-state index contributed by atoms with van der Waals surface area (Å²) in [5.41, 5.74) is 0. The fourth-order valence-corrected chi connectivity index (χ4v) is 7.68. The lowest BCUT2D eigenvalue weighted by atomic mass is 10.1. The molecule has 1 atom stereocenters. The second kappa shape index (κ2) is 60.8. The fraction of sp³-hybridized carbons (Fsp3) is 0.603. The van der Waals surface area contributed by atoms with Crippen molar-refractivity contribution in [1.82, 2.24) is 0 Å². The molecule has 0 aromatic rings. The molecular weight excluding hydrogens is 913 g/mol. The number of allylic oxidation sites excluding steroid dienone is 24. The third-order valence-corrected chi connectivity index (χ3v) is 12.1. The summed E-state index contributed by atoms with van der Waals surface area (Å²) >= 11 is 0. The zero-order chi connectivity index (χ0) is 53.6. The molecule has 0 fully saturated rings. The summed E-state index contributed by atoms with van der Waals surface area (Å²) < 4.78 is 16.7. The predicted molar refractivity (Wildman–Crippen MR) is 320 cm³/mol. The van der Waals surface area contributed by atoms with Gasteiger partial charge >= 0.3 is 17.9 Å². The van der Waals surface area contributed by atoms with Gasteiger partial charge in [-0.2, -0.15) is 0 Å². The maximum absolute atomic E-state index is 12.8. The average Bonchev–Trinajstić information content (AvgIpc) is 3.40. The number of rotatable bonds is 52. The number of hydrogen-bond donors (Lipinski definition) is 0. The first-order chi connectivity index (χ1) is 36.5. The molecule has 0 heterocycles. The Kier molecular flexibility index (Phi) is 57.0. The van der Waals surface area contributed by atoms with E-state index in [0.717, 1.165) is 148 Å². The number of esters is 3. The Balaban J connectivity index is 4.19. The van der Waals surface area contributed by atoms with E-state index in [1.807, 2.05) is 0 Å². The van der Waals surface area contributed by atoms with E-state index in [4.69, 9.17) is 14.2 Å². The molecule has 416 valence electrons. The highest BCUT2D eigenvalue weighted by molar-refractivity contribution is 5.71. The first kappa shape index (κ1) is 69.3. The van der Waals surface area contributed by atoms with Crippen LogP contribution in [0.15, 0.2) is 146 Å². The number of carbonyl (C=O) groups excluding carboxylic acids is 3. The molecule has 0 aromatic carbocycles. The Morgan fingerprint density at radius 3 is 0.838 bits per heavy atom. The van der Waals surface area contributed by atoms with E-state index in [1.165, 1.54) is 57.8 Å². The largest absolute Gasteiger partial charge is 0.462 e. The van der Waals surface area contributed by atoms with Crippen LogP contribution in [0.1, 0.15) is 245 Å². The lowest BCUT2D eigenvalue weighted by Crippen LogP contribution is -2.30. The van der Waals surface area contributed by atoms with E-state index in [0.29, 0.717) is 12.8 Å². The monoisotopic (exact) mass is 1020 g/mol. The second-order valence-corrected chi connectivity index (χ2v) is 19.1. The van der Waals surface area contributed by atoms with E-state index in [-0.39, 0.29) is 37.5 Å². The molecule has 0 N–H and O–H groups in total. The molecule has 0 spiro atoms. The Bertz CT molecular complexity index is 1640. The zero-order valence-electron chi connectivity index (χ0n) is 47.5. The minimum absolute atomic E-state index is 0.0977. The first-order valence-electron chi connectivity index (χ1n) is 29.8. The number of ether oxygens (including phenoxy) is 3. The van der Waals surface area contributed by atoms with Crippen LogP contribution in [0.4, 0.5) is 0 Å². The fourth-order valence-electron chi connectivity index (χ4n) is 7.68. The third kappa shape index (κ3) is 58.2. The minimum atomic E-state index is -0.800. The van der Waals surface area contributed by atoms with Crippen molar-refractivity contribution >= 4 is 17.9 Å². The van der Waals surface area contributed by atoms with Crippen molar-refractivity contribution in [3.8, 4) is 0 Å². The van der Waals surface area contributed by atoms with Gasteiger partial charge in [-0.05, 0) is 122 Å². The molecule has 1 unspecified atom stereocenters. The lowest BCUT2D eigenvalue weighted by Gasteiger charge is -2.18. The van der Waals surface area contributed by atoms with Crippen molar-refractivity contribution in [2.75, 3.05) is 13.2 Å². The quantitative estimate of drug-likeness (QED) is 0.0261. The molecule has 0 aliphatic carbocycles. The summed E-state index contributed by atoms with van der Waals surface area (Å²) in [6.07, 6.45) is 87.3. The van der Waals surface area contributed by atoms with Gasteiger partial charge in [0.2, 0.25) is 0 Å². The van der Waals surface area contributed by atoms with Crippen LogP contribution in [0.5, 0.6) is 0 Å². The van der Waals surface area contributed by atoms with Crippen molar-refractivity contribution in [1.29, 1.82) is 0 Å². The van der Waals surface area contributed by atoms with Crippen LogP contribution < -0.4 is 0 Å². The van der Waals surface area contributed by atoms with Crippen LogP contribution in [0.2, 0.25) is 0 Å². The molecule has 6 nitrogen and oxygen atoms in total. The van der Waals surface area contributed by atoms with E-state index in [2.05, 4.69) is 167 Å². The molecule has 0 saturated carbocycles. The molecule has 74 heavy (non-hydrogen) atoms. The van der Waals surface area contributed by atoms with Gasteiger partial charge in [-0.1, -0.05) is 250 Å². The van der Waals surface area contributed by atoms with Gasteiger partial charge in [-0.15, -0.1) is 0 Å². The standard InChI is InChI=1S/C68H108O6/c1-4-7-10-13-16-18-20-22-24-26-28-29-30-31-32-33-34-35-36-37-38-39-41-42-44-46-48-50-52-55-58-61-67(70)73-64-65(63-72-66(69)60-57-54-15-12-9-6-3)74-68(71)62-59-56-53-51-49-47-45-43-40-27-25-23-21-19-17-14-11-8-5-2/h7-8,10-11,16-19,22-25,28-29,31-32,34-35,37-38,40,43,47,49,65H,4-6,9,12-15,20-21,26-27,30,33,36,39,41-42,44-46,48,50-64H2,1-3H3/b10-7-,11-8-,18-16-,19-17-,24-22-,25-23-,29-28-,32-31-,35-34-,38-37-,43-40-,49-47-. The van der Waals surface area contributed by atoms with Crippen LogP contribution in [0.25, 0.3) is 0 Å². The SMILES string of the molecule is CC/C=C\C/C=C\C/C=C\C/C=C\C/C=C\C/C=C\C/C=C\CCCCCCCCCCCC(=O)OCC(COC(=O)CCCCCCCC)OC(=O)CCCCC/C=C\C/C=C\C/C=C\C/C=C\C/C=C\CC. The van der Waals surface area contributed by atoms with Gasteiger partial charge in [0.1, 0.15) is 13.2 Å². The highest BCUT2D eigenvalue weighted by atomic mass is 16.6. The topological polar surface area (TPSA) is 78.9 Å². The van der Waals surface area contributed by atoms with E-state index < -0.39 is 6.10 Å². The molecule has 0 radical (unpaired) electrons. The molecule has 0 rings (SSSR count). The Labute approximate surface area is 455 Å². The van der Waals surface area contributed by atoms with Crippen LogP contribution in [-0.2, 0) is 28.6 Å². The number of unbranched alkanes of at least 4 members (excludes halogenated alkanes) is 17. The summed E-state index contributed by atoms with van der Waals surface area (Å²) in [5, 5.41) is 0. The first-order valence-corrected chi connectivity index (χ1v) is 29.8. The van der Waals surface area contributed by atoms with E-state index >= 15 is 0 Å². The summed E-state index contributed by atoms with van der Waals surface area (Å²) in [4.78, 5) is 37.9. The van der Waals surface area contributed by atoms with Gasteiger partial charge < -0.3 is 14.2 Å². The second-order valence-electron chi connectivity index (χ2n) is 19.1. The minimum Gasteiger partial charge on any atom is -0.462 e. The molecule has 6 heteroatoms. The number of hydrogen-bond acceptors (Lipinski definition) is 6. The van der Waals surface area contributed by atoms with Crippen LogP contribution in [-0.4, -0.2) is 37.2 Å². The Morgan fingerprint density at radius 1 is 0.284 bits per heavy atom. The molecule has 0 aliphatic rings. The summed E-state index contributed by atoms with van der Waals surface area (Å²) in [5.74, 6) is -0.952. The van der Waals surface area contributed by atoms with Crippen LogP contribution in [0.3, 0.4) is 0 Å². The van der Waals surface area contributed by atoms with Crippen molar-refractivity contribution in [2.45, 2.75) is 252 Å². The van der Waals surface area contributed by atoms with Crippen molar-refractivity contribution < 1.29 is 28.6 Å². The highest BCUT2D eigenvalue weighted by Gasteiger charge is 2.19. The normalized spacial score (nSPS) is 13.2. The van der Waals surface area contributed by atoms with Gasteiger partial charge in [-0.3, -0.25) is 14.4 Å². The van der Waals surface area contributed by atoms with Crippen LogP contribution in [0, 0.1) is 0 Å². The summed E-state index contributed by atoms with van der Waals surface area (Å²) in [7, 11) is 0. The lowest BCUT2D eigenvalue weighted by molar-refractivity contribution is -0.167. The van der Waals surface area contributed by atoms with Gasteiger partial charge in [0.05, 0.1) is 0 Å². The molecule has 0 aromatic heterocycles. The summed E-state index contributed by atoms with van der Waals surface area (Å²) in [6, 6.07) is 0. The summed E-state index contributed by atoms with van der Waals surface area (Å²) in [6.45, 7) is 6.31. The van der Waals surface area contributed by atoms with E-state index in [1.54, 1.807) is 0 Å². The maximum atomic E-state index is 12.8. The molecular formula is C68H108O6. The van der Waals surface area contributed by atoms with Gasteiger partial charge in [0, 0.05) is 19.3 Å². The maximum Gasteiger partial charge on any atom is 0.306 e.